The van der Waals surface area contributed by atoms with E-state index in [1.165, 1.54) is 23.3 Å². The molecule has 0 bridgehead atoms. The molecule has 2 N–H and O–H groups in total. The molecule has 0 saturated carbocycles. The first-order valence-corrected chi connectivity index (χ1v) is 10.8. The van der Waals surface area contributed by atoms with Gasteiger partial charge in [-0.1, -0.05) is 24.6 Å². The highest BCUT2D eigenvalue weighted by atomic mass is 32.1. The first kappa shape index (κ1) is 19.5. The van der Waals surface area contributed by atoms with E-state index < -0.39 is 0 Å². The summed E-state index contributed by atoms with van der Waals surface area (Å²) in [5.74, 6) is 0.572. The number of carbonyl (C=O) groups excluding carboxylic acids is 1. The third-order valence-electron chi connectivity index (χ3n) is 5.16. The second kappa shape index (κ2) is 9.09. The van der Waals surface area contributed by atoms with Crippen molar-refractivity contribution in [1.29, 1.82) is 0 Å². The fraction of sp³-hybridized carbons (Fsp3) is 0.304. The van der Waals surface area contributed by atoms with Crippen molar-refractivity contribution in [3.8, 4) is 5.75 Å². The van der Waals surface area contributed by atoms with E-state index in [0.717, 1.165) is 35.5 Å². The molecule has 0 saturated heterocycles. The molecule has 5 nitrogen and oxygen atoms in total. The molecule has 1 amide bonds. The summed E-state index contributed by atoms with van der Waals surface area (Å²) in [5, 5.41) is 7.45. The Morgan fingerprint density at radius 1 is 1.10 bits per heavy atom. The molecule has 3 aromatic rings. The third kappa shape index (κ3) is 4.43. The first-order chi connectivity index (χ1) is 14.3. The lowest BCUT2D eigenvalue weighted by molar-refractivity contribution is 0.102. The van der Waals surface area contributed by atoms with E-state index >= 15 is 0 Å². The van der Waals surface area contributed by atoms with Crippen molar-refractivity contribution >= 4 is 27.9 Å². The number of aryl methyl sites for hydroxylation is 1. The number of ether oxygens (including phenoxy) is 1. The van der Waals surface area contributed by atoms with E-state index in [-0.39, 0.29) is 5.91 Å². The predicted molar refractivity (Wildman–Crippen MR) is 118 cm³/mol. The van der Waals surface area contributed by atoms with Crippen LogP contribution in [0.2, 0.25) is 0 Å². The number of para-hydroxylation sites is 2. The molecule has 6 heteroatoms. The smallest absolute Gasteiger partial charge is 0.259 e. The number of hydrogen-bond donors (Lipinski definition) is 2. The maximum absolute atomic E-state index is 13.3. The van der Waals surface area contributed by atoms with Crippen LogP contribution in [0, 0.1) is 0 Å². The van der Waals surface area contributed by atoms with E-state index in [0.29, 0.717) is 18.0 Å². The van der Waals surface area contributed by atoms with Crippen molar-refractivity contribution in [1.82, 2.24) is 4.98 Å². The largest absolute Gasteiger partial charge is 0.495 e. The van der Waals surface area contributed by atoms with Crippen LogP contribution >= 0.6 is 11.3 Å². The summed E-state index contributed by atoms with van der Waals surface area (Å²) in [5.41, 5.74) is 3.61. The molecule has 4 rings (SSSR count). The second-order valence-corrected chi connectivity index (χ2v) is 8.20. The summed E-state index contributed by atoms with van der Waals surface area (Å²) in [4.78, 5) is 19.1. The van der Waals surface area contributed by atoms with Crippen LogP contribution in [0.1, 0.15) is 45.8 Å². The number of methoxy groups -OCH3 is 1. The fourth-order valence-electron chi connectivity index (χ4n) is 3.71. The Morgan fingerprint density at radius 3 is 2.76 bits per heavy atom. The Hall–Kier alpha value is -2.86. The minimum Gasteiger partial charge on any atom is -0.495 e. The number of pyridine rings is 1. The van der Waals surface area contributed by atoms with Gasteiger partial charge in [-0.3, -0.25) is 9.78 Å². The number of fused-ring (bicyclic) bond motifs is 1. The highest BCUT2D eigenvalue weighted by molar-refractivity contribution is 7.16. The van der Waals surface area contributed by atoms with E-state index in [4.69, 9.17) is 4.74 Å². The molecule has 1 aliphatic carbocycles. The summed E-state index contributed by atoms with van der Waals surface area (Å²) in [6.07, 6.45) is 7.30. The van der Waals surface area contributed by atoms with Crippen molar-refractivity contribution in [2.24, 2.45) is 0 Å². The van der Waals surface area contributed by atoms with Gasteiger partial charge in [0.25, 0.3) is 5.91 Å². The normalized spacial score (nSPS) is 13.3. The molecular formula is C23H25N3O2S. The molecule has 1 aromatic carbocycles. The van der Waals surface area contributed by atoms with Gasteiger partial charge in [0.2, 0.25) is 0 Å². The SMILES string of the molecule is COc1ccccc1NC(=O)c1c(NCc2ccccn2)sc2c1CCCCC2. The van der Waals surface area contributed by atoms with Crippen molar-refractivity contribution in [2.75, 3.05) is 17.7 Å². The predicted octanol–water partition coefficient (Wildman–Crippen LogP) is 5.29. The summed E-state index contributed by atoms with van der Waals surface area (Å²) >= 11 is 1.71. The fourth-order valence-corrected chi connectivity index (χ4v) is 5.00. The molecule has 0 unspecified atom stereocenters. The number of amides is 1. The topological polar surface area (TPSA) is 63.2 Å². The van der Waals surface area contributed by atoms with Crippen LogP contribution in [0.15, 0.2) is 48.7 Å². The molecule has 29 heavy (non-hydrogen) atoms. The lowest BCUT2D eigenvalue weighted by Gasteiger charge is -2.12. The number of carbonyl (C=O) groups is 1. The molecule has 2 aromatic heterocycles. The van der Waals surface area contributed by atoms with Gasteiger partial charge in [-0.25, -0.2) is 0 Å². The first-order valence-electron chi connectivity index (χ1n) is 9.99. The molecule has 0 spiro atoms. The number of nitrogens with one attached hydrogen (secondary N) is 2. The van der Waals surface area contributed by atoms with Gasteiger partial charge in [0.15, 0.2) is 0 Å². The molecule has 1 aliphatic rings. The van der Waals surface area contributed by atoms with Gasteiger partial charge >= 0.3 is 0 Å². The number of nitrogens with zero attached hydrogens (tertiary/aromatic N) is 1. The second-order valence-electron chi connectivity index (χ2n) is 7.10. The zero-order valence-corrected chi connectivity index (χ0v) is 17.3. The minimum absolute atomic E-state index is 0.0857. The van der Waals surface area contributed by atoms with Crippen LogP contribution in [0.3, 0.4) is 0 Å². The number of aromatic nitrogens is 1. The zero-order chi connectivity index (χ0) is 20.1. The van der Waals surface area contributed by atoms with Crippen LogP contribution < -0.4 is 15.4 Å². The summed E-state index contributed by atoms with van der Waals surface area (Å²) in [6, 6.07) is 13.4. The Balaban J connectivity index is 1.64. The summed E-state index contributed by atoms with van der Waals surface area (Å²) < 4.78 is 5.40. The summed E-state index contributed by atoms with van der Waals surface area (Å²) in [7, 11) is 1.61. The van der Waals surface area contributed by atoms with Gasteiger partial charge in [0.05, 0.1) is 30.6 Å². The number of rotatable bonds is 6. The lowest BCUT2D eigenvalue weighted by atomic mass is 10.0. The number of benzene rings is 1. The number of anilines is 2. The number of hydrogen-bond acceptors (Lipinski definition) is 5. The minimum atomic E-state index is -0.0857. The standard InChI is InChI=1S/C23H25N3O2S/c1-28-19-12-6-5-11-18(19)26-22(27)21-17-10-3-2-4-13-20(17)29-23(21)25-15-16-9-7-8-14-24-16/h5-9,11-12,14,25H,2-4,10,13,15H2,1H3,(H,26,27). The zero-order valence-electron chi connectivity index (χ0n) is 16.5. The van der Waals surface area contributed by atoms with E-state index in [1.54, 1.807) is 24.6 Å². The van der Waals surface area contributed by atoms with Crippen LogP contribution in [-0.2, 0) is 19.4 Å². The van der Waals surface area contributed by atoms with Crippen LogP contribution in [-0.4, -0.2) is 18.0 Å². The Morgan fingerprint density at radius 2 is 1.93 bits per heavy atom. The molecule has 150 valence electrons. The Labute approximate surface area is 175 Å². The average Bonchev–Trinajstić information content (AvgIpc) is 2.94. The lowest BCUT2D eigenvalue weighted by Crippen LogP contribution is -2.16. The van der Waals surface area contributed by atoms with Gasteiger partial charge in [-0.05, 0) is 55.5 Å². The highest BCUT2D eigenvalue weighted by Gasteiger charge is 2.25. The molecule has 0 aliphatic heterocycles. The third-order valence-corrected chi connectivity index (χ3v) is 6.41. The Kier molecular flexibility index (Phi) is 6.10. The van der Waals surface area contributed by atoms with Crippen molar-refractivity contribution in [2.45, 2.75) is 38.6 Å². The van der Waals surface area contributed by atoms with Gasteiger partial charge in [0, 0.05) is 11.1 Å². The number of thiophene rings is 1. The molecule has 0 radical (unpaired) electrons. The van der Waals surface area contributed by atoms with Crippen LogP contribution in [0.25, 0.3) is 0 Å². The maximum atomic E-state index is 13.3. The summed E-state index contributed by atoms with van der Waals surface area (Å²) in [6.45, 7) is 0.592. The van der Waals surface area contributed by atoms with E-state index in [1.807, 2.05) is 42.5 Å². The van der Waals surface area contributed by atoms with Crippen molar-refractivity contribution in [3.63, 3.8) is 0 Å². The van der Waals surface area contributed by atoms with E-state index in [2.05, 4.69) is 15.6 Å². The molecule has 2 heterocycles. The van der Waals surface area contributed by atoms with Gasteiger partial charge in [-0.2, -0.15) is 0 Å². The van der Waals surface area contributed by atoms with Gasteiger partial charge < -0.3 is 15.4 Å². The average molecular weight is 408 g/mol. The van der Waals surface area contributed by atoms with Gasteiger partial charge in [0.1, 0.15) is 10.8 Å². The molecular weight excluding hydrogens is 382 g/mol. The highest BCUT2D eigenvalue weighted by Crippen LogP contribution is 2.38. The Bertz CT molecular complexity index is 985. The quantitative estimate of drug-likeness (QED) is 0.545. The van der Waals surface area contributed by atoms with Crippen molar-refractivity contribution in [3.05, 3.63) is 70.4 Å². The van der Waals surface area contributed by atoms with Crippen molar-refractivity contribution < 1.29 is 9.53 Å². The van der Waals surface area contributed by atoms with Crippen LogP contribution in [0.4, 0.5) is 10.7 Å². The molecule has 0 fully saturated rings. The maximum Gasteiger partial charge on any atom is 0.259 e. The molecule has 0 atom stereocenters. The van der Waals surface area contributed by atoms with Gasteiger partial charge in [-0.15, -0.1) is 11.3 Å². The van der Waals surface area contributed by atoms with E-state index in [9.17, 15) is 4.79 Å². The van der Waals surface area contributed by atoms with Crippen LogP contribution in [0.5, 0.6) is 5.75 Å². The monoisotopic (exact) mass is 407 g/mol.